The molecular formula is C14H23NO3S. The predicted octanol–water partition coefficient (Wildman–Crippen LogP) is 2.25. The van der Waals surface area contributed by atoms with Gasteiger partial charge in [-0.25, -0.2) is 8.42 Å². The molecule has 0 aliphatic carbocycles. The lowest BCUT2D eigenvalue weighted by Crippen LogP contribution is -2.42. The van der Waals surface area contributed by atoms with Gasteiger partial charge in [0.05, 0.1) is 17.3 Å². The average Bonchev–Trinajstić information content (AvgIpc) is 2.44. The topological polar surface area (TPSA) is 55.4 Å². The van der Waals surface area contributed by atoms with Crippen molar-refractivity contribution >= 4 is 9.84 Å². The molecule has 1 aromatic carbocycles. The number of ether oxygens (including phenoxy) is 1. The van der Waals surface area contributed by atoms with Crippen LogP contribution in [0.4, 0.5) is 0 Å². The second-order valence-electron chi connectivity index (χ2n) is 4.50. The molecule has 0 bridgehead atoms. The molecule has 0 heterocycles. The maximum absolute atomic E-state index is 12.5. The summed E-state index contributed by atoms with van der Waals surface area (Å²) in [5.74, 6) is 0.658. The standard InChI is InChI=1S/C14H23NO3S/c1-5-14(15-6-2)11(3)19(16,17)13-9-7-12(18-4)8-10-13/h7-11,14-15H,5-6H2,1-4H3. The average molecular weight is 285 g/mol. The van der Waals surface area contributed by atoms with Gasteiger partial charge in [0.15, 0.2) is 9.84 Å². The monoisotopic (exact) mass is 285 g/mol. The fourth-order valence-electron chi connectivity index (χ4n) is 2.10. The van der Waals surface area contributed by atoms with Gasteiger partial charge in [0.25, 0.3) is 0 Å². The molecule has 0 aliphatic rings. The molecule has 0 saturated carbocycles. The molecule has 0 saturated heterocycles. The first-order valence-corrected chi connectivity index (χ1v) is 8.13. The number of rotatable bonds is 7. The van der Waals surface area contributed by atoms with Crippen LogP contribution in [-0.4, -0.2) is 33.4 Å². The number of benzene rings is 1. The van der Waals surface area contributed by atoms with Crippen molar-refractivity contribution in [3.8, 4) is 5.75 Å². The van der Waals surface area contributed by atoms with Crippen LogP contribution in [0.3, 0.4) is 0 Å². The SMILES string of the molecule is CCNC(CC)C(C)S(=O)(=O)c1ccc(OC)cc1. The van der Waals surface area contributed by atoms with Crippen LogP contribution in [0.15, 0.2) is 29.2 Å². The summed E-state index contributed by atoms with van der Waals surface area (Å²) in [6.45, 7) is 6.50. The van der Waals surface area contributed by atoms with E-state index in [1.54, 1.807) is 38.3 Å². The predicted molar refractivity (Wildman–Crippen MR) is 77.4 cm³/mol. The number of nitrogens with one attached hydrogen (secondary N) is 1. The van der Waals surface area contributed by atoms with Crippen molar-refractivity contribution in [3.05, 3.63) is 24.3 Å². The number of hydrogen-bond donors (Lipinski definition) is 1. The minimum atomic E-state index is -3.32. The molecule has 1 rings (SSSR count). The van der Waals surface area contributed by atoms with Gasteiger partial charge in [-0.15, -0.1) is 0 Å². The van der Waals surface area contributed by atoms with Crippen LogP contribution in [0.25, 0.3) is 0 Å². The summed E-state index contributed by atoms with van der Waals surface area (Å²) >= 11 is 0. The summed E-state index contributed by atoms with van der Waals surface area (Å²) in [6.07, 6.45) is 0.782. The molecule has 0 aliphatic heterocycles. The summed E-state index contributed by atoms with van der Waals surface area (Å²) < 4.78 is 30.1. The van der Waals surface area contributed by atoms with Gasteiger partial charge in [0.1, 0.15) is 5.75 Å². The zero-order valence-electron chi connectivity index (χ0n) is 12.0. The Bertz CT molecular complexity index is 482. The van der Waals surface area contributed by atoms with Crippen LogP contribution < -0.4 is 10.1 Å². The summed E-state index contributed by atoms with van der Waals surface area (Å²) in [5, 5.41) is 2.77. The lowest BCUT2D eigenvalue weighted by molar-refractivity contribution is 0.414. The molecule has 0 amide bonds. The molecular weight excluding hydrogens is 262 g/mol. The first kappa shape index (κ1) is 16.0. The quantitative estimate of drug-likeness (QED) is 0.835. The van der Waals surface area contributed by atoms with Gasteiger partial charge < -0.3 is 10.1 Å². The lowest BCUT2D eigenvalue weighted by Gasteiger charge is -2.23. The zero-order valence-corrected chi connectivity index (χ0v) is 12.8. The van der Waals surface area contributed by atoms with E-state index < -0.39 is 15.1 Å². The Morgan fingerprint density at radius 1 is 1.21 bits per heavy atom. The lowest BCUT2D eigenvalue weighted by atomic mass is 10.2. The van der Waals surface area contributed by atoms with Crippen molar-refractivity contribution in [3.63, 3.8) is 0 Å². The summed E-state index contributed by atoms with van der Waals surface area (Å²) in [5.41, 5.74) is 0. The van der Waals surface area contributed by atoms with Gasteiger partial charge in [-0.3, -0.25) is 0 Å². The third-order valence-electron chi connectivity index (χ3n) is 3.35. The van der Waals surface area contributed by atoms with E-state index in [4.69, 9.17) is 4.74 Å². The van der Waals surface area contributed by atoms with E-state index in [2.05, 4.69) is 5.32 Å². The highest BCUT2D eigenvalue weighted by Gasteiger charge is 2.29. The molecule has 0 spiro atoms. The van der Waals surface area contributed by atoms with Crippen LogP contribution >= 0.6 is 0 Å². The Balaban J connectivity index is 3.00. The Morgan fingerprint density at radius 2 is 1.79 bits per heavy atom. The van der Waals surface area contributed by atoms with Gasteiger partial charge in [-0.1, -0.05) is 13.8 Å². The normalized spacial score (nSPS) is 14.9. The van der Waals surface area contributed by atoms with Crippen molar-refractivity contribution in [2.24, 2.45) is 0 Å². The molecule has 0 fully saturated rings. The minimum absolute atomic E-state index is 0.0305. The number of sulfone groups is 1. The van der Waals surface area contributed by atoms with Crippen LogP contribution in [0, 0.1) is 0 Å². The summed E-state index contributed by atoms with van der Waals surface area (Å²) in [6, 6.07) is 6.52. The summed E-state index contributed by atoms with van der Waals surface area (Å²) in [7, 11) is -1.76. The second-order valence-corrected chi connectivity index (χ2v) is 6.80. The molecule has 2 unspecified atom stereocenters. The molecule has 2 atom stereocenters. The van der Waals surface area contributed by atoms with E-state index in [1.165, 1.54) is 0 Å². The Morgan fingerprint density at radius 3 is 2.21 bits per heavy atom. The van der Waals surface area contributed by atoms with Gasteiger partial charge in [-0.2, -0.15) is 0 Å². The van der Waals surface area contributed by atoms with E-state index in [-0.39, 0.29) is 6.04 Å². The van der Waals surface area contributed by atoms with Gasteiger partial charge in [-0.05, 0) is 44.2 Å². The van der Waals surface area contributed by atoms with E-state index in [9.17, 15) is 8.42 Å². The Kier molecular flexibility index (Phi) is 5.82. The Hall–Kier alpha value is -1.07. The second kappa shape index (κ2) is 6.91. The first-order valence-electron chi connectivity index (χ1n) is 6.58. The fraction of sp³-hybridized carbons (Fsp3) is 0.571. The van der Waals surface area contributed by atoms with Crippen LogP contribution in [-0.2, 0) is 9.84 Å². The van der Waals surface area contributed by atoms with Gasteiger partial charge >= 0.3 is 0 Å². The van der Waals surface area contributed by atoms with E-state index in [0.717, 1.165) is 13.0 Å². The molecule has 19 heavy (non-hydrogen) atoms. The fourth-order valence-corrected chi connectivity index (χ4v) is 3.77. The number of methoxy groups -OCH3 is 1. The van der Waals surface area contributed by atoms with Gasteiger partial charge in [0.2, 0.25) is 0 Å². The Labute approximate surface area is 116 Å². The molecule has 0 radical (unpaired) electrons. The van der Waals surface area contributed by atoms with Crippen molar-refractivity contribution in [1.29, 1.82) is 0 Å². The van der Waals surface area contributed by atoms with E-state index >= 15 is 0 Å². The highest BCUT2D eigenvalue weighted by atomic mass is 32.2. The maximum Gasteiger partial charge on any atom is 0.182 e. The zero-order chi connectivity index (χ0) is 14.5. The van der Waals surface area contributed by atoms with Crippen LogP contribution in [0.5, 0.6) is 5.75 Å². The number of hydrogen-bond acceptors (Lipinski definition) is 4. The first-order chi connectivity index (χ1) is 8.97. The highest BCUT2D eigenvalue weighted by molar-refractivity contribution is 7.92. The van der Waals surface area contributed by atoms with E-state index in [1.807, 2.05) is 13.8 Å². The van der Waals surface area contributed by atoms with Crippen molar-refractivity contribution in [2.45, 2.75) is 43.4 Å². The van der Waals surface area contributed by atoms with Gasteiger partial charge in [0, 0.05) is 6.04 Å². The van der Waals surface area contributed by atoms with Crippen molar-refractivity contribution in [1.82, 2.24) is 5.32 Å². The largest absolute Gasteiger partial charge is 0.497 e. The molecule has 1 aromatic rings. The maximum atomic E-state index is 12.5. The van der Waals surface area contributed by atoms with Crippen LogP contribution in [0.1, 0.15) is 27.2 Å². The molecule has 108 valence electrons. The molecule has 0 aromatic heterocycles. The third kappa shape index (κ3) is 3.70. The van der Waals surface area contributed by atoms with Crippen molar-refractivity contribution in [2.75, 3.05) is 13.7 Å². The molecule has 1 N–H and O–H groups in total. The van der Waals surface area contributed by atoms with Crippen LogP contribution in [0.2, 0.25) is 0 Å². The van der Waals surface area contributed by atoms with E-state index in [0.29, 0.717) is 10.6 Å². The van der Waals surface area contributed by atoms with Crippen molar-refractivity contribution < 1.29 is 13.2 Å². The minimum Gasteiger partial charge on any atom is -0.497 e. The highest BCUT2D eigenvalue weighted by Crippen LogP contribution is 2.22. The third-order valence-corrected chi connectivity index (χ3v) is 5.59. The molecule has 5 heteroatoms. The smallest absolute Gasteiger partial charge is 0.182 e. The molecule has 4 nitrogen and oxygen atoms in total. The summed E-state index contributed by atoms with van der Waals surface area (Å²) in [4.78, 5) is 0.345.